The molecule has 1 heterocycles. The van der Waals surface area contributed by atoms with Gasteiger partial charge in [-0.3, -0.25) is 0 Å². The van der Waals surface area contributed by atoms with Crippen molar-refractivity contribution >= 4 is 22.7 Å². The zero-order chi connectivity index (χ0) is 11.5. The first-order valence-corrected chi connectivity index (χ1v) is 7.31. The van der Waals surface area contributed by atoms with E-state index in [2.05, 4.69) is 40.6 Å². The second kappa shape index (κ2) is 5.15. The summed E-state index contributed by atoms with van der Waals surface area (Å²) >= 11 is 1.90. The van der Waals surface area contributed by atoms with Gasteiger partial charge < -0.3 is 10.3 Å². The first-order valence-electron chi connectivity index (χ1n) is 6.33. The largest absolute Gasteiger partial charge is 0.350 e. The molecule has 1 saturated carbocycles. The average Bonchev–Trinajstić information content (AvgIpc) is 3.07. The summed E-state index contributed by atoms with van der Waals surface area (Å²) in [7, 11) is 0. The number of thioether (sulfide) groups is 1. The molecule has 0 saturated heterocycles. The Morgan fingerprint density at radius 1 is 1.29 bits per heavy atom. The number of fused-ring (bicyclic) bond motifs is 1. The van der Waals surface area contributed by atoms with Gasteiger partial charge in [-0.15, -0.1) is 11.8 Å². The predicted molar refractivity (Wildman–Crippen MR) is 74.6 cm³/mol. The smallest absolute Gasteiger partial charge is 0.0732 e. The Balaban J connectivity index is 1.46. The van der Waals surface area contributed by atoms with Crippen LogP contribution in [0.4, 0.5) is 0 Å². The summed E-state index contributed by atoms with van der Waals surface area (Å²) in [4.78, 5) is 3.44. The number of rotatable bonds is 6. The maximum absolute atomic E-state index is 3.52. The molecule has 1 aromatic carbocycles. The lowest BCUT2D eigenvalue weighted by molar-refractivity contribution is 0.666. The number of hydrogen-bond acceptors (Lipinski definition) is 2. The molecule has 1 aromatic heterocycles. The first kappa shape index (κ1) is 11.2. The fourth-order valence-electron chi connectivity index (χ4n) is 1.99. The molecule has 1 fully saturated rings. The Bertz CT molecular complexity index is 455. The Kier molecular flexibility index (Phi) is 3.39. The lowest BCUT2D eigenvalue weighted by Gasteiger charge is -2.01. The number of H-pyrrole nitrogens is 1. The molecule has 90 valence electrons. The number of hydrogen-bond donors (Lipinski definition) is 2. The SMILES string of the molecule is c1ccc2[nH]c(SCCNCC3CC3)cc2c1. The van der Waals surface area contributed by atoms with Crippen LogP contribution in [-0.2, 0) is 0 Å². The molecule has 0 radical (unpaired) electrons. The minimum atomic E-state index is 0.980. The van der Waals surface area contributed by atoms with Crippen molar-refractivity contribution in [2.75, 3.05) is 18.8 Å². The average molecular weight is 246 g/mol. The van der Waals surface area contributed by atoms with Crippen LogP contribution in [-0.4, -0.2) is 23.8 Å². The quantitative estimate of drug-likeness (QED) is 0.605. The minimum Gasteiger partial charge on any atom is -0.350 e. The van der Waals surface area contributed by atoms with Crippen molar-refractivity contribution in [1.29, 1.82) is 0 Å². The van der Waals surface area contributed by atoms with Crippen molar-refractivity contribution in [1.82, 2.24) is 10.3 Å². The normalized spacial score (nSPS) is 15.5. The number of nitrogens with one attached hydrogen (secondary N) is 2. The van der Waals surface area contributed by atoms with Gasteiger partial charge >= 0.3 is 0 Å². The Labute approximate surface area is 106 Å². The molecule has 0 amide bonds. The lowest BCUT2D eigenvalue weighted by Crippen LogP contribution is -2.19. The molecule has 0 aliphatic heterocycles. The van der Waals surface area contributed by atoms with Crippen molar-refractivity contribution in [2.24, 2.45) is 5.92 Å². The van der Waals surface area contributed by atoms with E-state index in [0.29, 0.717) is 0 Å². The third-order valence-corrected chi connectivity index (χ3v) is 4.11. The predicted octanol–water partition coefficient (Wildman–Crippen LogP) is 3.26. The van der Waals surface area contributed by atoms with Crippen LogP contribution < -0.4 is 5.32 Å². The van der Waals surface area contributed by atoms with E-state index in [9.17, 15) is 0 Å². The molecule has 0 spiro atoms. The van der Waals surface area contributed by atoms with Crippen LogP contribution in [0, 0.1) is 5.92 Å². The maximum Gasteiger partial charge on any atom is 0.0732 e. The molecule has 0 bridgehead atoms. The van der Waals surface area contributed by atoms with Crippen molar-refractivity contribution < 1.29 is 0 Å². The maximum atomic E-state index is 3.52. The Hall–Kier alpha value is -0.930. The van der Waals surface area contributed by atoms with Crippen molar-refractivity contribution in [3.8, 4) is 0 Å². The zero-order valence-corrected chi connectivity index (χ0v) is 10.7. The van der Waals surface area contributed by atoms with Crippen LogP contribution >= 0.6 is 11.8 Å². The van der Waals surface area contributed by atoms with Crippen molar-refractivity contribution in [2.45, 2.75) is 17.9 Å². The highest BCUT2D eigenvalue weighted by Crippen LogP contribution is 2.27. The summed E-state index contributed by atoms with van der Waals surface area (Å²) in [5, 5.41) is 6.10. The lowest BCUT2D eigenvalue weighted by atomic mass is 10.3. The Morgan fingerprint density at radius 3 is 3.00 bits per heavy atom. The third-order valence-electron chi connectivity index (χ3n) is 3.17. The van der Waals surface area contributed by atoms with E-state index in [0.717, 1.165) is 18.2 Å². The van der Waals surface area contributed by atoms with E-state index in [1.807, 2.05) is 11.8 Å². The van der Waals surface area contributed by atoms with Gasteiger partial charge in [0.25, 0.3) is 0 Å². The van der Waals surface area contributed by atoms with Gasteiger partial charge in [0.1, 0.15) is 0 Å². The van der Waals surface area contributed by atoms with Crippen LogP contribution in [0.25, 0.3) is 10.9 Å². The minimum absolute atomic E-state index is 0.980. The molecule has 2 nitrogen and oxygen atoms in total. The molecule has 2 N–H and O–H groups in total. The fraction of sp³-hybridized carbons (Fsp3) is 0.429. The van der Waals surface area contributed by atoms with E-state index >= 15 is 0 Å². The molecule has 1 aliphatic carbocycles. The molecular formula is C14H18N2S. The number of para-hydroxylation sites is 1. The topological polar surface area (TPSA) is 27.8 Å². The number of aromatic amines is 1. The van der Waals surface area contributed by atoms with Gasteiger partial charge in [-0.25, -0.2) is 0 Å². The summed E-state index contributed by atoms with van der Waals surface area (Å²) < 4.78 is 0. The summed E-state index contributed by atoms with van der Waals surface area (Å²) in [5.41, 5.74) is 1.24. The summed E-state index contributed by atoms with van der Waals surface area (Å²) in [6, 6.07) is 10.7. The molecule has 0 unspecified atom stereocenters. The van der Waals surface area contributed by atoms with Crippen molar-refractivity contribution in [3.05, 3.63) is 30.3 Å². The fourth-order valence-corrected chi connectivity index (χ4v) is 2.84. The van der Waals surface area contributed by atoms with Gasteiger partial charge in [0, 0.05) is 23.2 Å². The summed E-state index contributed by atoms with van der Waals surface area (Å²) in [6.45, 7) is 2.32. The van der Waals surface area contributed by atoms with Gasteiger partial charge in [0.2, 0.25) is 0 Å². The summed E-state index contributed by atoms with van der Waals surface area (Å²) in [5.74, 6) is 2.12. The highest BCUT2D eigenvalue weighted by Gasteiger charge is 2.19. The number of aromatic nitrogens is 1. The number of benzene rings is 1. The van der Waals surface area contributed by atoms with Gasteiger partial charge in [-0.1, -0.05) is 18.2 Å². The van der Waals surface area contributed by atoms with Crippen LogP contribution in [0.15, 0.2) is 35.4 Å². The van der Waals surface area contributed by atoms with Gasteiger partial charge in [-0.05, 0) is 37.4 Å². The van der Waals surface area contributed by atoms with Gasteiger partial charge in [0.15, 0.2) is 0 Å². The highest BCUT2D eigenvalue weighted by atomic mass is 32.2. The molecule has 1 aliphatic rings. The first-order chi connectivity index (χ1) is 8.42. The second-order valence-corrected chi connectivity index (χ2v) is 5.85. The molecule has 0 atom stereocenters. The van der Waals surface area contributed by atoms with Crippen LogP contribution in [0.1, 0.15) is 12.8 Å². The Morgan fingerprint density at radius 2 is 2.18 bits per heavy atom. The van der Waals surface area contributed by atoms with E-state index in [4.69, 9.17) is 0 Å². The zero-order valence-electron chi connectivity index (χ0n) is 9.91. The van der Waals surface area contributed by atoms with E-state index in [1.54, 1.807) is 0 Å². The molecular weight excluding hydrogens is 228 g/mol. The van der Waals surface area contributed by atoms with E-state index in [1.165, 1.54) is 35.3 Å². The van der Waals surface area contributed by atoms with Crippen LogP contribution in [0.5, 0.6) is 0 Å². The van der Waals surface area contributed by atoms with Crippen LogP contribution in [0.3, 0.4) is 0 Å². The van der Waals surface area contributed by atoms with Crippen LogP contribution in [0.2, 0.25) is 0 Å². The second-order valence-electron chi connectivity index (χ2n) is 4.72. The van der Waals surface area contributed by atoms with Crippen molar-refractivity contribution in [3.63, 3.8) is 0 Å². The van der Waals surface area contributed by atoms with E-state index in [-0.39, 0.29) is 0 Å². The highest BCUT2D eigenvalue weighted by molar-refractivity contribution is 7.99. The molecule has 3 heteroatoms. The summed E-state index contributed by atoms with van der Waals surface area (Å²) in [6.07, 6.45) is 2.87. The van der Waals surface area contributed by atoms with Gasteiger partial charge in [0.05, 0.1) is 5.03 Å². The third kappa shape index (κ3) is 3.05. The monoisotopic (exact) mass is 246 g/mol. The molecule has 2 aromatic rings. The molecule has 17 heavy (non-hydrogen) atoms. The molecule has 3 rings (SSSR count). The standard InChI is InChI=1S/C14H18N2S/c1-2-4-13-12(3-1)9-14(16-13)17-8-7-15-10-11-5-6-11/h1-4,9,11,15-16H,5-8,10H2. The van der Waals surface area contributed by atoms with E-state index < -0.39 is 0 Å². The van der Waals surface area contributed by atoms with Gasteiger partial charge in [-0.2, -0.15) is 0 Å².